The number of carbonyl (C=O) groups is 1. The molecule has 0 atom stereocenters. The van der Waals surface area contributed by atoms with Gasteiger partial charge >= 0.3 is 0 Å². The molecule has 0 saturated heterocycles. The van der Waals surface area contributed by atoms with Gasteiger partial charge in [0.05, 0.1) is 0 Å². The van der Waals surface area contributed by atoms with Crippen LogP contribution in [0.15, 0.2) is 0 Å². The molecule has 0 rings (SSSR count). The van der Waals surface area contributed by atoms with Gasteiger partial charge in [-0.25, -0.2) is 0 Å². The van der Waals surface area contributed by atoms with Crippen molar-refractivity contribution in [3.8, 4) is 0 Å². The Bertz CT molecular complexity index is 134. The summed E-state index contributed by atoms with van der Waals surface area (Å²) in [5, 5.41) is 2.71. The van der Waals surface area contributed by atoms with E-state index in [9.17, 15) is 4.79 Å². The van der Waals surface area contributed by atoms with Gasteiger partial charge in [-0.3, -0.25) is 4.79 Å². The molecule has 0 saturated carbocycles. The molecule has 3 nitrogen and oxygen atoms in total. The van der Waals surface area contributed by atoms with E-state index >= 15 is 0 Å². The summed E-state index contributed by atoms with van der Waals surface area (Å²) in [6.07, 6.45) is 1.26. The van der Waals surface area contributed by atoms with Gasteiger partial charge in [-0.1, -0.05) is 34.6 Å². The van der Waals surface area contributed by atoms with Crippen LogP contribution in [-0.4, -0.2) is 38.0 Å². The van der Waals surface area contributed by atoms with Gasteiger partial charge in [-0.2, -0.15) is 0 Å². The maximum absolute atomic E-state index is 10.2. The molecule has 0 aliphatic carbocycles. The van der Waals surface area contributed by atoms with Crippen LogP contribution in [0.2, 0.25) is 0 Å². The van der Waals surface area contributed by atoms with Gasteiger partial charge in [0.1, 0.15) is 0 Å². The molecule has 16 heavy (non-hydrogen) atoms. The summed E-state index contributed by atoms with van der Waals surface area (Å²) in [5.41, 5.74) is 0. The fourth-order valence-corrected chi connectivity index (χ4v) is 0.795. The van der Waals surface area contributed by atoms with Gasteiger partial charge in [0, 0.05) is 13.5 Å². The van der Waals surface area contributed by atoms with Crippen molar-refractivity contribution < 1.29 is 4.79 Å². The van der Waals surface area contributed by atoms with E-state index in [4.69, 9.17) is 0 Å². The molecule has 0 radical (unpaired) electrons. The van der Waals surface area contributed by atoms with Crippen LogP contribution in [0.4, 0.5) is 0 Å². The van der Waals surface area contributed by atoms with Crippen LogP contribution < -0.4 is 5.32 Å². The van der Waals surface area contributed by atoms with Crippen molar-refractivity contribution in [3.63, 3.8) is 0 Å². The summed E-state index contributed by atoms with van der Waals surface area (Å²) in [6.45, 7) is 13.8. The van der Waals surface area contributed by atoms with Gasteiger partial charge < -0.3 is 10.2 Å². The maximum atomic E-state index is 10.2. The first kappa shape index (κ1) is 20.8. The van der Waals surface area contributed by atoms with Crippen molar-refractivity contribution in [2.75, 3.05) is 27.2 Å². The third kappa shape index (κ3) is 37.6. The number of amides is 1. The highest BCUT2D eigenvalue weighted by Gasteiger charge is 1.92. The molecule has 0 heterocycles. The molecule has 0 spiro atoms. The molecule has 0 aliphatic rings. The van der Waals surface area contributed by atoms with E-state index in [1.165, 1.54) is 19.9 Å². The minimum Gasteiger partial charge on any atom is -0.356 e. The molecular weight excluding hydrogens is 200 g/mol. The Labute approximate surface area is 103 Å². The van der Waals surface area contributed by atoms with Crippen molar-refractivity contribution in [2.24, 2.45) is 5.92 Å². The van der Waals surface area contributed by atoms with Crippen LogP contribution in [0.3, 0.4) is 0 Å². The van der Waals surface area contributed by atoms with Crippen molar-refractivity contribution in [2.45, 2.75) is 48.0 Å². The Morgan fingerprint density at radius 2 is 1.69 bits per heavy atom. The Hall–Kier alpha value is -0.570. The molecular formula is C13H32N2O. The molecule has 1 amide bonds. The standard InChI is InChI=1S/C6H13NO.C5H13N.C2H6/c1-5(2)4-7-6(3)8;1-4-5-6(2)3;1-2/h5H,4H2,1-3H3,(H,7,8);4-5H2,1-3H3;1-2H3. The molecule has 3 heteroatoms. The summed E-state index contributed by atoms with van der Waals surface area (Å²) in [4.78, 5) is 12.4. The molecule has 0 bridgehead atoms. The lowest BCUT2D eigenvalue weighted by Crippen LogP contribution is -2.24. The first-order chi connectivity index (χ1) is 7.40. The van der Waals surface area contributed by atoms with E-state index in [0.717, 1.165) is 6.54 Å². The number of nitrogens with zero attached hydrogens (tertiary/aromatic N) is 1. The normalized spacial score (nSPS) is 8.88. The quantitative estimate of drug-likeness (QED) is 0.808. The molecule has 0 aromatic carbocycles. The lowest BCUT2D eigenvalue weighted by molar-refractivity contribution is -0.119. The Balaban J connectivity index is -0.000000188. The van der Waals surface area contributed by atoms with Gasteiger partial charge in [0.25, 0.3) is 0 Å². The summed E-state index contributed by atoms with van der Waals surface area (Å²) in [5.74, 6) is 0.609. The highest BCUT2D eigenvalue weighted by molar-refractivity contribution is 5.72. The smallest absolute Gasteiger partial charge is 0.216 e. The number of nitrogens with one attached hydrogen (secondary N) is 1. The summed E-state index contributed by atoms with van der Waals surface area (Å²) in [6, 6.07) is 0. The molecule has 0 fully saturated rings. The lowest BCUT2D eigenvalue weighted by atomic mass is 10.2. The SMILES string of the molecule is CC.CC(=O)NCC(C)C.CCCN(C)C. The predicted octanol–water partition coefficient (Wildman–Crippen LogP) is 2.76. The molecule has 1 N–H and O–H groups in total. The minimum atomic E-state index is 0.0544. The molecule has 0 aromatic rings. The summed E-state index contributed by atoms with van der Waals surface area (Å²) in [7, 11) is 4.17. The van der Waals surface area contributed by atoms with Crippen molar-refractivity contribution in [1.82, 2.24) is 10.2 Å². The molecule has 100 valence electrons. The van der Waals surface area contributed by atoms with Gasteiger partial charge in [0.15, 0.2) is 0 Å². The van der Waals surface area contributed by atoms with Gasteiger partial charge in [-0.05, 0) is 33.0 Å². The van der Waals surface area contributed by atoms with E-state index < -0.39 is 0 Å². The van der Waals surface area contributed by atoms with E-state index in [1.54, 1.807) is 0 Å². The fourth-order valence-electron chi connectivity index (χ4n) is 0.795. The van der Waals surface area contributed by atoms with E-state index in [0.29, 0.717) is 5.92 Å². The number of hydrogen-bond acceptors (Lipinski definition) is 2. The van der Waals surface area contributed by atoms with Crippen LogP contribution in [0.5, 0.6) is 0 Å². The summed E-state index contributed by atoms with van der Waals surface area (Å²) < 4.78 is 0. The van der Waals surface area contributed by atoms with Crippen molar-refractivity contribution in [1.29, 1.82) is 0 Å². The number of rotatable bonds is 4. The predicted molar refractivity (Wildman–Crippen MR) is 73.7 cm³/mol. The third-order valence-corrected chi connectivity index (χ3v) is 1.43. The number of hydrogen-bond donors (Lipinski definition) is 1. The van der Waals surface area contributed by atoms with E-state index in [2.05, 4.69) is 45.1 Å². The average molecular weight is 232 g/mol. The monoisotopic (exact) mass is 232 g/mol. The summed E-state index contributed by atoms with van der Waals surface area (Å²) >= 11 is 0. The zero-order valence-corrected chi connectivity index (χ0v) is 12.6. The maximum Gasteiger partial charge on any atom is 0.216 e. The highest BCUT2D eigenvalue weighted by Crippen LogP contribution is 1.85. The third-order valence-electron chi connectivity index (χ3n) is 1.43. The zero-order chi connectivity index (χ0) is 13.6. The van der Waals surface area contributed by atoms with Crippen LogP contribution in [0.1, 0.15) is 48.0 Å². The first-order valence-electron chi connectivity index (χ1n) is 6.29. The second-order valence-corrected chi connectivity index (χ2v) is 4.13. The zero-order valence-electron chi connectivity index (χ0n) is 12.6. The number of carbonyl (C=O) groups excluding carboxylic acids is 1. The second kappa shape index (κ2) is 16.8. The van der Waals surface area contributed by atoms with E-state index in [1.807, 2.05) is 13.8 Å². The van der Waals surface area contributed by atoms with E-state index in [-0.39, 0.29) is 5.91 Å². The van der Waals surface area contributed by atoms with Crippen LogP contribution in [0.25, 0.3) is 0 Å². The van der Waals surface area contributed by atoms with Crippen molar-refractivity contribution in [3.05, 3.63) is 0 Å². The highest BCUT2D eigenvalue weighted by atomic mass is 16.1. The van der Waals surface area contributed by atoms with Crippen LogP contribution >= 0.6 is 0 Å². The first-order valence-corrected chi connectivity index (χ1v) is 6.29. The Morgan fingerprint density at radius 1 is 1.25 bits per heavy atom. The lowest BCUT2D eigenvalue weighted by Gasteiger charge is -2.03. The Kier molecular flexibility index (Phi) is 21.9. The molecule has 0 aromatic heterocycles. The molecule has 0 aliphatic heterocycles. The topological polar surface area (TPSA) is 32.3 Å². The van der Waals surface area contributed by atoms with Crippen LogP contribution in [-0.2, 0) is 4.79 Å². The Morgan fingerprint density at radius 3 is 1.75 bits per heavy atom. The van der Waals surface area contributed by atoms with Gasteiger partial charge in [0.2, 0.25) is 5.91 Å². The largest absolute Gasteiger partial charge is 0.356 e. The van der Waals surface area contributed by atoms with Crippen molar-refractivity contribution >= 4 is 5.91 Å². The second-order valence-electron chi connectivity index (χ2n) is 4.13. The molecule has 0 unspecified atom stereocenters. The minimum absolute atomic E-state index is 0.0544. The van der Waals surface area contributed by atoms with Crippen LogP contribution in [0, 0.1) is 5.92 Å². The van der Waals surface area contributed by atoms with Gasteiger partial charge in [-0.15, -0.1) is 0 Å². The average Bonchev–Trinajstić information content (AvgIpc) is 2.18. The fraction of sp³-hybridized carbons (Fsp3) is 0.923.